The molecule has 0 aromatic heterocycles. The Morgan fingerprint density at radius 1 is 1.12 bits per heavy atom. The average molecular weight is 356 g/mol. The van der Waals surface area contributed by atoms with Crippen molar-refractivity contribution in [3.63, 3.8) is 0 Å². The number of carbonyl (C=O) groups excluding carboxylic acids is 2. The summed E-state index contributed by atoms with van der Waals surface area (Å²) in [5.41, 5.74) is 0. The number of methoxy groups -OCH3 is 1. The topological polar surface area (TPSA) is 91.3 Å². The van der Waals surface area contributed by atoms with Crippen LogP contribution in [0.3, 0.4) is 0 Å². The number of esters is 2. The highest BCUT2D eigenvalue weighted by molar-refractivity contribution is 5.82. The molecule has 7 heteroatoms. The molecule has 1 N–H and O–H groups in total. The highest BCUT2D eigenvalue weighted by atomic mass is 16.7. The predicted molar refractivity (Wildman–Crippen MR) is 92.6 cm³/mol. The van der Waals surface area contributed by atoms with Gasteiger partial charge in [-0.15, -0.1) is 6.58 Å². The third-order valence-corrected chi connectivity index (χ3v) is 3.21. The lowest BCUT2D eigenvalue weighted by Crippen LogP contribution is -2.26. The first-order chi connectivity index (χ1) is 11.8. The summed E-state index contributed by atoms with van der Waals surface area (Å²) in [5.74, 6) is -1.10. The molecule has 25 heavy (non-hydrogen) atoms. The number of hydrogen-bond donors (Lipinski definition) is 1. The van der Waals surface area contributed by atoms with Crippen molar-refractivity contribution in [3.05, 3.63) is 37.5 Å². The Labute approximate surface area is 148 Å². The number of carbonyl (C=O) groups is 2. The second kappa shape index (κ2) is 13.3. The van der Waals surface area contributed by atoms with Crippen LogP contribution in [0.2, 0.25) is 0 Å². The van der Waals surface area contributed by atoms with Crippen LogP contribution in [-0.2, 0) is 28.5 Å². The molecule has 0 aromatic rings. The number of aliphatic hydroxyl groups excluding tert-OH is 1. The minimum absolute atomic E-state index is 0.0520. The SMILES string of the molecule is C=CC(=O)O[C@@H](C)CC[C@@H](/C=C/C(=O)O[C@@H](C)[C@H](O)C=C)OCOC. The van der Waals surface area contributed by atoms with Crippen LogP contribution in [0, 0.1) is 0 Å². The van der Waals surface area contributed by atoms with Crippen LogP contribution in [0.25, 0.3) is 0 Å². The van der Waals surface area contributed by atoms with Crippen molar-refractivity contribution in [2.75, 3.05) is 13.9 Å². The van der Waals surface area contributed by atoms with Gasteiger partial charge in [-0.1, -0.05) is 12.7 Å². The van der Waals surface area contributed by atoms with Crippen molar-refractivity contribution in [2.45, 2.75) is 51.1 Å². The average Bonchev–Trinajstić information content (AvgIpc) is 2.59. The largest absolute Gasteiger partial charge is 0.460 e. The molecule has 4 atom stereocenters. The highest BCUT2D eigenvalue weighted by Crippen LogP contribution is 2.10. The number of rotatable bonds is 13. The van der Waals surface area contributed by atoms with E-state index >= 15 is 0 Å². The standard InChI is InChI=1S/C18H28O7/c1-6-16(19)14(4)25-18(21)11-10-15(23-12-22-5)9-8-13(3)24-17(20)7-2/h6-7,10-11,13-16,19H,1-2,8-9,12H2,3-5H3/b11-10+/t13-,14-,15-,16+/m0/s1. The van der Waals surface area contributed by atoms with Gasteiger partial charge in [0.25, 0.3) is 0 Å². The molecule has 0 unspecified atom stereocenters. The lowest BCUT2D eigenvalue weighted by Gasteiger charge is -2.17. The van der Waals surface area contributed by atoms with Crippen molar-refractivity contribution >= 4 is 11.9 Å². The van der Waals surface area contributed by atoms with Crippen LogP contribution in [0.15, 0.2) is 37.5 Å². The summed E-state index contributed by atoms with van der Waals surface area (Å²) < 4.78 is 20.4. The van der Waals surface area contributed by atoms with Gasteiger partial charge in [-0.25, -0.2) is 9.59 Å². The lowest BCUT2D eigenvalue weighted by atomic mass is 10.1. The number of hydrogen-bond acceptors (Lipinski definition) is 7. The summed E-state index contributed by atoms with van der Waals surface area (Å²) in [6.45, 7) is 10.1. The summed E-state index contributed by atoms with van der Waals surface area (Å²) in [7, 11) is 1.49. The fraction of sp³-hybridized carbons (Fsp3) is 0.556. The summed E-state index contributed by atoms with van der Waals surface area (Å²) in [6, 6.07) is 0. The van der Waals surface area contributed by atoms with E-state index in [2.05, 4.69) is 13.2 Å². The van der Waals surface area contributed by atoms with Gasteiger partial charge in [0.1, 0.15) is 19.0 Å². The maximum absolute atomic E-state index is 11.8. The number of ether oxygens (including phenoxy) is 4. The van der Waals surface area contributed by atoms with Gasteiger partial charge < -0.3 is 24.1 Å². The van der Waals surface area contributed by atoms with E-state index in [9.17, 15) is 14.7 Å². The van der Waals surface area contributed by atoms with E-state index < -0.39 is 30.3 Å². The molecule has 0 saturated heterocycles. The monoisotopic (exact) mass is 356 g/mol. The number of aliphatic hydroxyl groups is 1. The van der Waals surface area contributed by atoms with E-state index in [1.54, 1.807) is 13.8 Å². The molecular weight excluding hydrogens is 328 g/mol. The summed E-state index contributed by atoms with van der Waals surface area (Å²) >= 11 is 0. The molecule has 0 bridgehead atoms. The Morgan fingerprint density at radius 2 is 1.80 bits per heavy atom. The molecular formula is C18H28O7. The Bertz CT molecular complexity index is 458. The molecule has 0 aliphatic carbocycles. The quantitative estimate of drug-likeness (QED) is 0.233. The molecule has 0 radical (unpaired) electrons. The third-order valence-electron chi connectivity index (χ3n) is 3.21. The molecule has 0 fully saturated rings. The van der Waals surface area contributed by atoms with Crippen molar-refractivity contribution in [2.24, 2.45) is 0 Å². The zero-order chi connectivity index (χ0) is 19.2. The molecule has 7 nitrogen and oxygen atoms in total. The van der Waals surface area contributed by atoms with Gasteiger partial charge in [-0.2, -0.15) is 0 Å². The molecule has 0 rings (SSSR count). The second-order valence-corrected chi connectivity index (χ2v) is 5.37. The summed E-state index contributed by atoms with van der Waals surface area (Å²) in [4.78, 5) is 22.9. The van der Waals surface area contributed by atoms with Crippen molar-refractivity contribution in [1.29, 1.82) is 0 Å². The molecule has 0 aliphatic heterocycles. The Kier molecular flexibility index (Phi) is 12.3. The molecule has 0 saturated carbocycles. The smallest absolute Gasteiger partial charge is 0.330 e. The summed E-state index contributed by atoms with van der Waals surface area (Å²) in [6.07, 6.45) is 3.82. The predicted octanol–water partition coefficient (Wildman–Crippen LogP) is 1.91. The van der Waals surface area contributed by atoms with Crippen LogP contribution in [0.4, 0.5) is 0 Å². The summed E-state index contributed by atoms with van der Waals surface area (Å²) in [5, 5.41) is 9.50. The van der Waals surface area contributed by atoms with Crippen LogP contribution >= 0.6 is 0 Å². The van der Waals surface area contributed by atoms with Crippen LogP contribution in [-0.4, -0.2) is 55.4 Å². The van der Waals surface area contributed by atoms with E-state index in [0.29, 0.717) is 12.8 Å². The molecule has 0 amide bonds. The Hall–Kier alpha value is -1.96. The minimum Gasteiger partial charge on any atom is -0.460 e. The van der Waals surface area contributed by atoms with Crippen LogP contribution in [0.5, 0.6) is 0 Å². The van der Waals surface area contributed by atoms with E-state index in [1.165, 1.54) is 25.3 Å². The molecule has 0 heterocycles. The zero-order valence-corrected chi connectivity index (χ0v) is 15.1. The van der Waals surface area contributed by atoms with Gasteiger partial charge in [-0.05, 0) is 32.8 Å². The third kappa shape index (κ3) is 11.3. The fourth-order valence-corrected chi connectivity index (χ4v) is 1.76. The van der Waals surface area contributed by atoms with E-state index in [4.69, 9.17) is 18.9 Å². The minimum atomic E-state index is -0.932. The van der Waals surface area contributed by atoms with Gasteiger partial charge in [0.15, 0.2) is 0 Å². The zero-order valence-electron chi connectivity index (χ0n) is 15.1. The fourth-order valence-electron chi connectivity index (χ4n) is 1.76. The maximum Gasteiger partial charge on any atom is 0.330 e. The molecule has 0 spiro atoms. The van der Waals surface area contributed by atoms with Gasteiger partial charge in [0, 0.05) is 19.3 Å². The normalized spacial score (nSPS) is 15.8. The van der Waals surface area contributed by atoms with Crippen molar-refractivity contribution in [3.8, 4) is 0 Å². The first-order valence-corrected chi connectivity index (χ1v) is 7.97. The molecule has 0 aromatic carbocycles. The lowest BCUT2D eigenvalue weighted by molar-refractivity contribution is -0.146. The van der Waals surface area contributed by atoms with Gasteiger partial charge >= 0.3 is 11.9 Å². The van der Waals surface area contributed by atoms with E-state index in [-0.39, 0.29) is 12.9 Å². The van der Waals surface area contributed by atoms with Crippen molar-refractivity contribution in [1.82, 2.24) is 0 Å². The van der Waals surface area contributed by atoms with Gasteiger partial charge in [0.2, 0.25) is 0 Å². The van der Waals surface area contributed by atoms with Gasteiger partial charge in [0.05, 0.1) is 12.2 Å². The molecule has 0 aliphatic rings. The van der Waals surface area contributed by atoms with Crippen LogP contribution in [0.1, 0.15) is 26.7 Å². The molecule has 142 valence electrons. The van der Waals surface area contributed by atoms with E-state index in [1.807, 2.05) is 0 Å². The van der Waals surface area contributed by atoms with Gasteiger partial charge in [-0.3, -0.25) is 0 Å². The maximum atomic E-state index is 11.8. The highest BCUT2D eigenvalue weighted by Gasteiger charge is 2.15. The van der Waals surface area contributed by atoms with Crippen molar-refractivity contribution < 1.29 is 33.6 Å². The Balaban J connectivity index is 4.54. The first-order valence-electron chi connectivity index (χ1n) is 7.97. The Morgan fingerprint density at radius 3 is 2.36 bits per heavy atom. The van der Waals surface area contributed by atoms with Crippen LogP contribution < -0.4 is 0 Å². The van der Waals surface area contributed by atoms with E-state index in [0.717, 1.165) is 6.08 Å². The first kappa shape index (κ1) is 23.0. The second-order valence-electron chi connectivity index (χ2n) is 5.37.